The normalized spacial score (nSPS) is 11.4. The average Bonchev–Trinajstić information content (AvgIpc) is 3.35. The molecule has 0 aliphatic rings. The number of hydrogen-bond donors (Lipinski definition) is 2. The zero-order valence-electron chi connectivity index (χ0n) is 17.5. The fourth-order valence-corrected chi connectivity index (χ4v) is 3.50. The van der Waals surface area contributed by atoms with Crippen molar-refractivity contribution in [3.8, 4) is 11.5 Å². The van der Waals surface area contributed by atoms with Gasteiger partial charge in [0.2, 0.25) is 11.9 Å². The minimum Gasteiger partial charge on any atom is -0.293 e. The van der Waals surface area contributed by atoms with Crippen LogP contribution >= 0.6 is 0 Å². The first kappa shape index (κ1) is 19.7. The molecular weight excluding hydrogens is 380 g/mol. The van der Waals surface area contributed by atoms with E-state index in [0.29, 0.717) is 24.4 Å². The zero-order valence-corrected chi connectivity index (χ0v) is 17.5. The van der Waals surface area contributed by atoms with Crippen LogP contribution in [0.15, 0.2) is 30.6 Å². The van der Waals surface area contributed by atoms with Gasteiger partial charge in [0.05, 0.1) is 6.20 Å². The topological polar surface area (TPSA) is 114 Å². The number of aromatic amines is 1. The largest absolute Gasteiger partial charge is 0.293 e. The summed E-state index contributed by atoms with van der Waals surface area (Å²) >= 11 is 0. The Morgan fingerprint density at radius 3 is 2.80 bits per heavy atom. The fraction of sp³-hybridized carbons (Fsp3) is 0.333. The van der Waals surface area contributed by atoms with Crippen molar-refractivity contribution in [3.63, 3.8) is 0 Å². The number of nitrogens with zero attached hydrogens (tertiary/aromatic N) is 6. The highest BCUT2D eigenvalue weighted by atomic mass is 16.1. The molecule has 0 radical (unpaired) electrons. The van der Waals surface area contributed by atoms with E-state index in [9.17, 15) is 4.79 Å². The highest BCUT2D eigenvalue weighted by Crippen LogP contribution is 2.25. The Morgan fingerprint density at radius 1 is 1.23 bits per heavy atom. The maximum atomic E-state index is 12.5. The number of pyridine rings is 2. The first-order valence-corrected chi connectivity index (χ1v) is 9.91. The molecule has 0 fully saturated rings. The Balaban J connectivity index is 1.45. The second-order valence-electron chi connectivity index (χ2n) is 7.49. The lowest BCUT2D eigenvalue weighted by molar-refractivity contribution is -0.116. The molecule has 0 saturated carbocycles. The van der Waals surface area contributed by atoms with Crippen LogP contribution in [0.1, 0.15) is 43.1 Å². The van der Waals surface area contributed by atoms with E-state index in [2.05, 4.69) is 51.4 Å². The van der Waals surface area contributed by atoms with Crippen molar-refractivity contribution in [2.75, 3.05) is 5.32 Å². The number of rotatable bonds is 6. The number of anilines is 1. The zero-order chi connectivity index (χ0) is 21.3. The lowest BCUT2D eigenvalue weighted by Crippen LogP contribution is -2.14. The van der Waals surface area contributed by atoms with Crippen LogP contribution in [0, 0.1) is 13.8 Å². The molecule has 4 aromatic rings. The Bertz CT molecular complexity index is 1190. The van der Waals surface area contributed by atoms with Gasteiger partial charge in [-0.05, 0) is 57.4 Å². The van der Waals surface area contributed by atoms with Gasteiger partial charge in [-0.15, -0.1) is 5.10 Å². The average molecular weight is 404 g/mol. The van der Waals surface area contributed by atoms with Crippen LogP contribution in [0.3, 0.4) is 0 Å². The summed E-state index contributed by atoms with van der Waals surface area (Å²) in [6.45, 7) is 8.20. The predicted octanol–water partition coefficient (Wildman–Crippen LogP) is 3.38. The lowest BCUT2D eigenvalue weighted by Gasteiger charge is -2.12. The van der Waals surface area contributed by atoms with Crippen LogP contribution in [-0.2, 0) is 11.2 Å². The van der Waals surface area contributed by atoms with Gasteiger partial charge in [0.15, 0.2) is 11.5 Å². The summed E-state index contributed by atoms with van der Waals surface area (Å²) in [6, 6.07) is 5.75. The predicted molar refractivity (Wildman–Crippen MR) is 114 cm³/mol. The minimum atomic E-state index is -0.154. The van der Waals surface area contributed by atoms with Gasteiger partial charge in [-0.3, -0.25) is 20.2 Å². The number of carbonyl (C=O) groups excluding carboxylic acids is 1. The van der Waals surface area contributed by atoms with Gasteiger partial charge in [0.1, 0.15) is 5.69 Å². The molecule has 4 aromatic heterocycles. The molecule has 0 atom stereocenters. The van der Waals surface area contributed by atoms with E-state index < -0.39 is 0 Å². The van der Waals surface area contributed by atoms with Crippen molar-refractivity contribution < 1.29 is 4.79 Å². The van der Waals surface area contributed by atoms with Crippen molar-refractivity contribution in [2.24, 2.45) is 0 Å². The van der Waals surface area contributed by atoms with Crippen molar-refractivity contribution >= 4 is 22.9 Å². The third-order valence-electron chi connectivity index (χ3n) is 5.07. The Labute approximate surface area is 174 Å². The molecule has 0 aromatic carbocycles. The second kappa shape index (κ2) is 8.02. The number of carbonyl (C=O) groups is 1. The first-order valence-electron chi connectivity index (χ1n) is 9.91. The lowest BCUT2D eigenvalue weighted by atomic mass is 10.0. The third-order valence-corrected chi connectivity index (χ3v) is 5.07. The summed E-state index contributed by atoms with van der Waals surface area (Å²) in [4.78, 5) is 25.7. The van der Waals surface area contributed by atoms with Crippen molar-refractivity contribution in [1.29, 1.82) is 0 Å². The van der Waals surface area contributed by atoms with Gasteiger partial charge in [-0.25, -0.2) is 9.67 Å². The van der Waals surface area contributed by atoms with Crippen LogP contribution in [0.25, 0.3) is 22.6 Å². The molecule has 0 saturated heterocycles. The molecule has 2 N–H and O–H groups in total. The number of fused-ring (bicyclic) bond motifs is 1. The molecule has 0 aliphatic heterocycles. The van der Waals surface area contributed by atoms with Gasteiger partial charge in [-0.2, -0.15) is 10.1 Å². The molecule has 9 heteroatoms. The van der Waals surface area contributed by atoms with E-state index in [-0.39, 0.29) is 17.9 Å². The number of H-pyrrole nitrogens is 1. The van der Waals surface area contributed by atoms with E-state index in [1.807, 2.05) is 36.0 Å². The Hall–Kier alpha value is -3.62. The smallest absolute Gasteiger partial charge is 0.249 e. The summed E-state index contributed by atoms with van der Waals surface area (Å²) in [6.07, 6.45) is 4.42. The molecule has 9 nitrogen and oxygen atoms in total. The highest BCUT2D eigenvalue weighted by Gasteiger charge is 2.16. The summed E-state index contributed by atoms with van der Waals surface area (Å²) in [5.74, 6) is 0.591. The quantitative estimate of drug-likeness (QED) is 0.509. The van der Waals surface area contributed by atoms with E-state index in [1.54, 1.807) is 6.20 Å². The van der Waals surface area contributed by atoms with E-state index >= 15 is 0 Å². The molecule has 1 amide bonds. The summed E-state index contributed by atoms with van der Waals surface area (Å²) in [5.41, 5.74) is 4.66. The van der Waals surface area contributed by atoms with Crippen molar-refractivity contribution in [3.05, 3.63) is 47.4 Å². The fourth-order valence-electron chi connectivity index (χ4n) is 3.50. The molecule has 0 unspecified atom stereocenters. The maximum absolute atomic E-state index is 12.5. The minimum absolute atomic E-state index is 0.154. The SMILES string of the molecule is Cc1nc2c(cnn2C(C)C)c(C)c1CCC(=O)Nc1n[nH]c(-c2ccccn2)n1. The molecule has 4 heterocycles. The van der Waals surface area contributed by atoms with Gasteiger partial charge in [0.25, 0.3) is 0 Å². The van der Waals surface area contributed by atoms with Crippen LogP contribution in [0.2, 0.25) is 0 Å². The van der Waals surface area contributed by atoms with Crippen LogP contribution in [-0.4, -0.2) is 40.8 Å². The molecule has 154 valence electrons. The van der Waals surface area contributed by atoms with Gasteiger partial charge >= 0.3 is 0 Å². The third kappa shape index (κ3) is 3.78. The number of aromatic nitrogens is 7. The Morgan fingerprint density at radius 2 is 2.07 bits per heavy atom. The van der Waals surface area contributed by atoms with E-state index in [4.69, 9.17) is 4.98 Å². The van der Waals surface area contributed by atoms with Crippen molar-refractivity contribution in [1.82, 2.24) is 34.9 Å². The summed E-state index contributed by atoms with van der Waals surface area (Å²) in [7, 11) is 0. The standard InChI is InChI=1S/C21H24N8O/c1-12(2)29-20-16(11-23-29)13(3)15(14(4)24-20)8-9-18(30)25-21-26-19(27-28-21)17-7-5-6-10-22-17/h5-7,10-12H,8-9H2,1-4H3,(H2,25,26,27,28,30). The molecule has 4 rings (SSSR count). The molecule has 0 spiro atoms. The molecular formula is C21H24N8O. The number of nitrogens with one attached hydrogen (secondary N) is 2. The summed E-state index contributed by atoms with van der Waals surface area (Å²) in [5, 5.41) is 15.1. The second-order valence-corrected chi connectivity index (χ2v) is 7.49. The van der Waals surface area contributed by atoms with Crippen LogP contribution in [0.4, 0.5) is 5.95 Å². The first-order chi connectivity index (χ1) is 14.4. The van der Waals surface area contributed by atoms with Gasteiger partial charge in [0, 0.05) is 29.7 Å². The molecule has 0 aliphatic carbocycles. The number of hydrogen-bond acceptors (Lipinski definition) is 6. The molecule has 0 bridgehead atoms. The van der Waals surface area contributed by atoms with Crippen LogP contribution in [0.5, 0.6) is 0 Å². The highest BCUT2D eigenvalue weighted by molar-refractivity contribution is 5.89. The summed E-state index contributed by atoms with van der Waals surface area (Å²) < 4.78 is 1.92. The Kier molecular flexibility index (Phi) is 5.26. The maximum Gasteiger partial charge on any atom is 0.249 e. The van der Waals surface area contributed by atoms with Crippen molar-refractivity contribution in [2.45, 2.75) is 46.6 Å². The van der Waals surface area contributed by atoms with E-state index in [0.717, 1.165) is 27.9 Å². The van der Waals surface area contributed by atoms with E-state index in [1.165, 1.54) is 0 Å². The van der Waals surface area contributed by atoms with Gasteiger partial charge < -0.3 is 0 Å². The molecule has 30 heavy (non-hydrogen) atoms. The van der Waals surface area contributed by atoms with Crippen LogP contribution < -0.4 is 5.32 Å². The van der Waals surface area contributed by atoms with Gasteiger partial charge in [-0.1, -0.05) is 6.07 Å². The number of aryl methyl sites for hydroxylation is 2. The monoisotopic (exact) mass is 404 g/mol. The number of amides is 1.